The first-order valence-electron chi connectivity index (χ1n) is 9.42. The smallest absolute Gasteiger partial charge is 0.247 e. The lowest BCUT2D eigenvalue weighted by atomic mass is 10.2. The SMILES string of the molecule is CCOc1ccc(Oc2ccc(NCc3nnc(-c4ccccc4)o3)cc2)cc1. The van der Waals surface area contributed by atoms with Gasteiger partial charge in [-0.2, -0.15) is 0 Å². The fourth-order valence-corrected chi connectivity index (χ4v) is 2.75. The molecule has 0 aliphatic carbocycles. The number of rotatable bonds is 8. The number of ether oxygens (including phenoxy) is 2. The minimum atomic E-state index is 0.443. The molecule has 4 rings (SSSR count). The van der Waals surface area contributed by atoms with E-state index in [9.17, 15) is 0 Å². The average molecular weight is 387 g/mol. The highest BCUT2D eigenvalue weighted by atomic mass is 16.5. The molecule has 0 saturated heterocycles. The molecule has 0 radical (unpaired) electrons. The Labute approximate surface area is 169 Å². The summed E-state index contributed by atoms with van der Waals surface area (Å²) in [6.07, 6.45) is 0. The summed E-state index contributed by atoms with van der Waals surface area (Å²) >= 11 is 0. The maximum atomic E-state index is 5.86. The Bertz CT molecular complexity index is 1030. The van der Waals surface area contributed by atoms with E-state index in [1.807, 2.05) is 85.8 Å². The average Bonchev–Trinajstić information content (AvgIpc) is 3.25. The molecule has 1 aromatic heterocycles. The summed E-state index contributed by atoms with van der Waals surface area (Å²) in [7, 11) is 0. The van der Waals surface area contributed by atoms with Gasteiger partial charge in [0.1, 0.15) is 17.2 Å². The Hall–Kier alpha value is -3.80. The molecular weight excluding hydrogens is 366 g/mol. The number of nitrogens with one attached hydrogen (secondary N) is 1. The van der Waals surface area contributed by atoms with Crippen molar-refractivity contribution >= 4 is 5.69 Å². The predicted molar refractivity (Wildman–Crippen MR) is 111 cm³/mol. The molecule has 0 unspecified atom stereocenters. The Kier molecular flexibility index (Phi) is 5.71. The number of hydrogen-bond acceptors (Lipinski definition) is 6. The van der Waals surface area contributed by atoms with Crippen molar-refractivity contribution in [3.05, 3.63) is 84.8 Å². The van der Waals surface area contributed by atoms with E-state index >= 15 is 0 Å². The molecule has 0 saturated carbocycles. The quantitative estimate of drug-likeness (QED) is 0.428. The van der Waals surface area contributed by atoms with Crippen LogP contribution < -0.4 is 14.8 Å². The molecule has 0 aliphatic rings. The number of nitrogens with zero attached hydrogens (tertiary/aromatic N) is 2. The summed E-state index contributed by atoms with van der Waals surface area (Å²) in [6.45, 7) is 3.05. The van der Waals surface area contributed by atoms with Gasteiger partial charge < -0.3 is 19.2 Å². The molecule has 1 heterocycles. The van der Waals surface area contributed by atoms with E-state index in [4.69, 9.17) is 13.9 Å². The normalized spacial score (nSPS) is 10.5. The summed E-state index contributed by atoms with van der Waals surface area (Å²) < 4.78 is 17.0. The van der Waals surface area contributed by atoms with Gasteiger partial charge in [0.2, 0.25) is 11.8 Å². The van der Waals surface area contributed by atoms with Crippen molar-refractivity contribution in [3.63, 3.8) is 0 Å². The van der Waals surface area contributed by atoms with Gasteiger partial charge in [0.25, 0.3) is 0 Å². The van der Waals surface area contributed by atoms with Crippen LogP contribution in [0.3, 0.4) is 0 Å². The molecule has 6 nitrogen and oxygen atoms in total. The highest BCUT2D eigenvalue weighted by Crippen LogP contribution is 2.25. The number of benzene rings is 3. The van der Waals surface area contributed by atoms with Crippen molar-refractivity contribution in [3.8, 4) is 28.7 Å². The molecule has 0 bridgehead atoms. The van der Waals surface area contributed by atoms with E-state index in [1.54, 1.807) is 0 Å². The monoisotopic (exact) mass is 387 g/mol. The minimum absolute atomic E-state index is 0.443. The first kappa shape index (κ1) is 18.6. The van der Waals surface area contributed by atoms with Crippen LogP contribution in [0.5, 0.6) is 17.2 Å². The van der Waals surface area contributed by atoms with Crippen LogP contribution in [-0.2, 0) is 6.54 Å². The largest absolute Gasteiger partial charge is 0.494 e. The second-order valence-corrected chi connectivity index (χ2v) is 6.25. The Morgan fingerprint density at radius 3 is 2.14 bits per heavy atom. The van der Waals surface area contributed by atoms with Gasteiger partial charge in [-0.05, 0) is 67.6 Å². The summed E-state index contributed by atoms with van der Waals surface area (Å²) in [5, 5.41) is 11.4. The van der Waals surface area contributed by atoms with E-state index in [0.717, 1.165) is 28.5 Å². The molecule has 4 aromatic rings. The van der Waals surface area contributed by atoms with E-state index in [-0.39, 0.29) is 0 Å². The van der Waals surface area contributed by atoms with Crippen LogP contribution >= 0.6 is 0 Å². The van der Waals surface area contributed by atoms with Crippen molar-refractivity contribution in [2.75, 3.05) is 11.9 Å². The van der Waals surface area contributed by atoms with E-state index in [0.29, 0.717) is 24.9 Å². The van der Waals surface area contributed by atoms with Gasteiger partial charge in [0.15, 0.2) is 0 Å². The number of hydrogen-bond donors (Lipinski definition) is 1. The molecule has 29 heavy (non-hydrogen) atoms. The Balaban J connectivity index is 1.32. The second kappa shape index (κ2) is 8.93. The molecule has 0 atom stereocenters. The third-order valence-corrected chi connectivity index (χ3v) is 4.16. The van der Waals surface area contributed by atoms with Gasteiger partial charge in [-0.25, -0.2) is 0 Å². The van der Waals surface area contributed by atoms with E-state index in [2.05, 4.69) is 15.5 Å². The molecule has 6 heteroatoms. The summed E-state index contributed by atoms with van der Waals surface area (Å²) in [5.41, 5.74) is 1.84. The molecule has 0 amide bonds. The molecule has 0 aliphatic heterocycles. The lowest BCUT2D eigenvalue weighted by Gasteiger charge is -2.09. The highest BCUT2D eigenvalue weighted by Gasteiger charge is 2.08. The molecular formula is C23H21N3O3. The summed E-state index contributed by atoms with van der Waals surface area (Å²) in [6, 6.07) is 25.0. The number of anilines is 1. The predicted octanol–water partition coefficient (Wildman–Crippen LogP) is 5.54. The first-order valence-corrected chi connectivity index (χ1v) is 9.42. The van der Waals surface area contributed by atoms with Crippen LogP contribution in [0.25, 0.3) is 11.5 Å². The highest BCUT2D eigenvalue weighted by molar-refractivity contribution is 5.52. The molecule has 0 fully saturated rings. The zero-order valence-corrected chi connectivity index (χ0v) is 16.0. The van der Waals surface area contributed by atoms with Crippen LogP contribution in [0.15, 0.2) is 83.3 Å². The van der Waals surface area contributed by atoms with E-state index < -0.39 is 0 Å². The zero-order valence-electron chi connectivity index (χ0n) is 16.0. The maximum Gasteiger partial charge on any atom is 0.247 e. The van der Waals surface area contributed by atoms with Gasteiger partial charge in [-0.3, -0.25) is 0 Å². The standard InChI is InChI=1S/C23H21N3O3/c1-2-27-19-12-14-21(15-13-19)28-20-10-8-18(9-11-20)24-16-22-25-26-23(29-22)17-6-4-3-5-7-17/h3-15,24H,2,16H2,1H3. The number of aromatic nitrogens is 2. The summed E-state index contributed by atoms with van der Waals surface area (Å²) in [4.78, 5) is 0. The van der Waals surface area contributed by atoms with E-state index in [1.165, 1.54) is 0 Å². The van der Waals surface area contributed by atoms with Gasteiger partial charge in [-0.1, -0.05) is 18.2 Å². The fourth-order valence-electron chi connectivity index (χ4n) is 2.75. The van der Waals surface area contributed by atoms with Gasteiger partial charge in [-0.15, -0.1) is 10.2 Å². The van der Waals surface area contributed by atoms with Crippen molar-refractivity contribution in [1.82, 2.24) is 10.2 Å². The van der Waals surface area contributed by atoms with Gasteiger partial charge in [0.05, 0.1) is 13.2 Å². The van der Waals surface area contributed by atoms with Crippen molar-refractivity contribution in [2.45, 2.75) is 13.5 Å². The first-order chi connectivity index (χ1) is 14.3. The third-order valence-electron chi connectivity index (χ3n) is 4.16. The molecule has 146 valence electrons. The van der Waals surface area contributed by atoms with Crippen LogP contribution in [0.1, 0.15) is 12.8 Å². The van der Waals surface area contributed by atoms with Crippen LogP contribution in [0, 0.1) is 0 Å². The second-order valence-electron chi connectivity index (χ2n) is 6.25. The Morgan fingerprint density at radius 1 is 0.793 bits per heavy atom. The lowest BCUT2D eigenvalue weighted by molar-refractivity contribution is 0.339. The molecule has 1 N–H and O–H groups in total. The topological polar surface area (TPSA) is 69.4 Å². The van der Waals surface area contributed by atoms with Crippen molar-refractivity contribution < 1.29 is 13.9 Å². The molecule has 3 aromatic carbocycles. The van der Waals surface area contributed by atoms with Gasteiger partial charge >= 0.3 is 0 Å². The minimum Gasteiger partial charge on any atom is -0.494 e. The van der Waals surface area contributed by atoms with Gasteiger partial charge in [0, 0.05) is 11.3 Å². The Morgan fingerprint density at radius 2 is 1.45 bits per heavy atom. The third kappa shape index (κ3) is 4.93. The van der Waals surface area contributed by atoms with Crippen LogP contribution in [-0.4, -0.2) is 16.8 Å². The maximum absolute atomic E-state index is 5.86. The lowest BCUT2D eigenvalue weighted by Crippen LogP contribution is -1.99. The fraction of sp³-hybridized carbons (Fsp3) is 0.130. The van der Waals surface area contributed by atoms with Crippen LogP contribution in [0.2, 0.25) is 0 Å². The van der Waals surface area contributed by atoms with Crippen molar-refractivity contribution in [1.29, 1.82) is 0 Å². The molecule has 0 spiro atoms. The summed E-state index contributed by atoms with van der Waals surface area (Å²) in [5.74, 6) is 3.38. The zero-order chi connectivity index (χ0) is 19.9. The van der Waals surface area contributed by atoms with Crippen molar-refractivity contribution in [2.24, 2.45) is 0 Å². The van der Waals surface area contributed by atoms with Crippen LogP contribution in [0.4, 0.5) is 5.69 Å².